The zero-order valence-electron chi connectivity index (χ0n) is 19.4. The Balaban J connectivity index is 1.29. The fourth-order valence-electron chi connectivity index (χ4n) is 5.50. The molecule has 0 spiro atoms. The first kappa shape index (κ1) is 23.6. The molecule has 0 saturated heterocycles. The molecule has 1 aliphatic heterocycles. The number of hydrogen-bond donors (Lipinski definition) is 2. The molecule has 8 heteroatoms. The van der Waals surface area contributed by atoms with E-state index in [9.17, 15) is 18.0 Å². The molecule has 2 aliphatic carbocycles. The van der Waals surface area contributed by atoms with Crippen LogP contribution in [0.15, 0.2) is 35.5 Å². The van der Waals surface area contributed by atoms with Crippen molar-refractivity contribution in [1.29, 1.82) is 0 Å². The van der Waals surface area contributed by atoms with E-state index in [1.165, 1.54) is 5.56 Å². The van der Waals surface area contributed by atoms with E-state index in [-0.39, 0.29) is 24.1 Å². The van der Waals surface area contributed by atoms with E-state index in [0.29, 0.717) is 36.4 Å². The number of aromatic nitrogens is 2. The van der Waals surface area contributed by atoms with E-state index in [2.05, 4.69) is 39.2 Å². The average molecular weight is 484 g/mol. The number of carboxylic acid groups (broad SMARTS) is 1. The van der Waals surface area contributed by atoms with Gasteiger partial charge in [-0.3, -0.25) is 9.79 Å². The number of nitrogens with zero attached hydrogens (tertiary/aromatic N) is 2. The van der Waals surface area contributed by atoms with Gasteiger partial charge in [0.1, 0.15) is 5.82 Å². The van der Waals surface area contributed by atoms with E-state index >= 15 is 0 Å². The predicted octanol–water partition coefficient (Wildman–Crippen LogP) is 5.07. The van der Waals surface area contributed by atoms with Crippen LogP contribution in [-0.4, -0.2) is 32.9 Å². The summed E-state index contributed by atoms with van der Waals surface area (Å²) in [5.41, 5.74) is 3.53. The summed E-state index contributed by atoms with van der Waals surface area (Å²) in [4.78, 5) is 22.9. The molecular formula is C27H28F3N3O2. The number of hydrogen-bond acceptors (Lipinski definition) is 3. The number of carboxylic acids is 1. The lowest BCUT2D eigenvalue weighted by Gasteiger charge is -2.28. The van der Waals surface area contributed by atoms with Crippen LogP contribution in [0.4, 0.5) is 13.2 Å². The van der Waals surface area contributed by atoms with Crippen LogP contribution in [0.5, 0.6) is 0 Å². The Hall–Kier alpha value is -3.16. The van der Waals surface area contributed by atoms with Crippen molar-refractivity contribution in [3.63, 3.8) is 0 Å². The molecule has 5 rings (SSSR count). The number of halogens is 3. The molecule has 2 aromatic rings. The van der Waals surface area contributed by atoms with Crippen LogP contribution in [0.3, 0.4) is 0 Å². The summed E-state index contributed by atoms with van der Waals surface area (Å²) in [6.07, 6.45) is 4.99. The first-order valence-corrected chi connectivity index (χ1v) is 12.2. The van der Waals surface area contributed by atoms with Gasteiger partial charge in [-0.2, -0.15) is 13.2 Å². The predicted molar refractivity (Wildman–Crippen MR) is 128 cm³/mol. The molecule has 2 N–H and O–H groups in total. The molecule has 0 amide bonds. The summed E-state index contributed by atoms with van der Waals surface area (Å²) < 4.78 is 40.1. The monoisotopic (exact) mass is 483 g/mol. The van der Waals surface area contributed by atoms with Gasteiger partial charge in [-0.25, -0.2) is 4.98 Å². The Morgan fingerprint density at radius 1 is 1.06 bits per heavy atom. The highest BCUT2D eigenvalue weighted by Gasteiger charge is 2.35. The molecule has 1 aromatic heterocycles. The maximum absolute atomic E-state index is 13.4. The zero-order chi connectivity index (χ0) is 24.6. The summed E-state index contributed by atoms with van der Waals surface area (Å²) in [5.74, 6) is 0.509. The van der Waals surface area contributed by atoms with Crippen molar-refractivity contribution in [3.8, 4) is 0 Å². The number of rotatable bonds is 5. The minimum atomic E-state index is -4.37. The molecule has 184 valence electrons. The number of carbonyl (C=O) groups is 1. The van der Waals surface area contributed by atoms with E-state index < -0.39 is 17.7 Å². The topological polar surface area (TPSA) is 78.3 Å². The molecule has 3 aliphatic rings. The van der Waals surface area contributed by atoms with Crippen LogP contribution in [0.2, 0.25) is 0 Å². The molecule has 35 heavy (non-hydrogen) atoms. The lowest BCUT2D eigenvalue weighted by molar-refractivity contribution is -0.138. The zero-order valence-corrected chi connectivity index (χ0v) is 19.4. The molecule has 1 saturated carbocycles. The number of aliphatic carboxylic acids is 1. The Bertz CT molecular complexity index is 1290. The van der Waals surface area contributed by atoms with Crippen molar-refractivity contribution in [1.82, 2.24) is 9.97 Å². The highest BCUT2D eigenvalue weighted by molar-refractivity contribution is 6.02. The van der Waals surface area contributed by atoms with Gasteiger partial charge < -0.3 is 10.1 Å². The van der Waals surface area contributed by atoms with Crippen molar-refractivity contribution in [2.24, 2.45) is 10.9 Å². The van der Waals surface area contributed by atoms with Crippen molar-refractivity contribution in [2.45, 2.75) is 69.9 Å². The lowest BCUT2D eigenvalue weighted by Crippen LogP contribution is -2.34. The number of H-pyrrole nitrogens is 1. The Labute approximate surface area is 201 Å². The number of aliphatic imine (C=N–C) groups is 1. The number of imidazole rings is 1. The number of aromatic amines is 1. The third kappa shape index (κ3) is 5.11. The second-order valence-corrected chi connectivity index (χ2v) is 9.73. The number of fused-ring (bicyclic) bond motifs is 1. The molecule has 0 bridgehead atoms. The third-order valence-electron chi connectivity index (χ3n) is 7.44. The number of alkyl halides is 3. The first-order chi connectivity index (χ1) is 16.8. The summed E-state index contributed by atoms with van der Waals surface area (Å²) in [6.45, 7) is 0. The summed E-state index contributed by atoms with van der Waals surface area (Å²) >= 11 is 0. The van der Waals surface area contributed by atoms with E-state index in [1.807, 2.05) is 0 Å². The smallest absolute Gasteiger partial charge is 0.414 e. The fraction of sp³-hybridized carbons (Fsp3) is 0.444. The second kappa shape index (κ2) is 9.47. The van der Waals surface area contributed by atoms with E-state index in [0.717, 1.165) is 42.5 Å². The highest BCUT2D eigenvalue weighted by atomic mass is 19.4. The van der Waals surface area contributed by atoms with Gasteiger partial charge in [-0.15, -0.1) is 0 Å². The second-order valence-electron chi connectivity index (χ2n) is 9.73. The SMILES string of the molecule is O=C(O)CC1CCC(c2ccc(C3=NC=C(c4nc5c([nH]4)=CCCC=5C(F)(F)F)CC3)cc2)CC1. The highest BCUT2D eigenvalue weighted by Crippen LogP contribution is 2.37. The van der Waals surface area contributed by atoms with Crippen molar-refractivity contribution in [2.75, 3.05) is 0 Å². The molecule has 5 nitrogen and oxygen atoms in total. The van der Waals surface area contributed by atoms with Gasteiger partial charge in [-0.1, -0.05) is 30.3 Å². The van der Waals surface area contributed by atoms with Crippen LogP contribution < -0.4 is 10.7 Å². The van der Waals surface area contributed by atoms with Crippen LogP contribution >= 0.6 is 0 Å². The quantitative estimate of drug-likeness (QED) is 0.623. The van der Waals surface area contributed by atoms with Gasteiger partial charge in [0.15, 0.2) is 0 Å². The van der Waals surface area contributed by atoms with Crippen molar-refractivity contribution >= 4 is 28.9 Å². The molecule has 1 fully saturated rings. The standard InChI is InChI=1S/C27H28F3N3O2/c28-27(29,30)21-2-1-3-23-25(21)33-26(32-23)20-12-13-22(31-15-20)19-10-8-18(9-11-19)17-6-4-16(5-7-17)14-24(34)35/h3,8-11,15-17H,1-2,4-7,12-14H2,(H,32,33)(H,34,35). The fourth-order valence-corrected chi connectivity index (χ4v) is 5.50. The maximum atomic E-state index is 13.4. The molecule has 0 atom stereocenters. The van der Waals surface area contributed by atoms with Crippen molar-refractivity contribution in [3.05, 3.63) is 58.1 Å². The Kier molecular flexibility index (Phi) is 6.38. The van der Waals surface area contributed by atoms with Gasteiger partial charge in [0.2, 0.25) is 0 Å². The summed E-state index contributed by atoms with van der Waals surface area (Å²) in [7, 11) is 0. The van der Waals surface area contributed by atoms with Gasteiger partial charge in [0.05, 0.1) is 16.3 Å². The summed E-state index contributed by atoms with van der Waals surface area (Å²) in [5, 5.41) is 9.46. The molecule has 0 unspecified atom stereocenters. The normalized spacial score (nSPS) is 22.7. The third-order valence-corrected chi connectivity index (χ3v) is 7.44. The van der Waals surface area contributed by atoms with Gasteiger partial charge in [0.25, 0.3) is 0 Å². The van der Waals surface area contributed by atoms with Gasteiger partial charge in [0, 0.05) is 23.9 Å². The van der Waals surface area contributed by atoms with Crippen LogP contribution in [-0.2, 0) is 4.79 Å². The molecule has 0 radical (unpaired) electrons. The minimum Gasteiger partial charge on any atom is -0.481 e. The van der Waals surface area contributed by atoms with Gasteiger partial charge >= 0.3 is 12.1 Å². The molecular weight excluding hydrogens is 455 g/mol. The van der Waals surface area contributed by atoms with Crippen LogP contribution in [0.1, 0.15) is 80.7 Å². The molecule has 2 heterocycles. The largest absolute Gasteiger partial charge is 0.481 e. The maximum Gasteiger partial charge on any atom is 0.414 e. The van der Waals surface area contributed by atoms with Crippen LogP contribution in [0.25, 0.3) is 17.2 Å². The average Bonchev–Trinajstić information content (AvgIpc) is 3.28. The van der Waals surface area contributed by atoms with E-state index in [4.69, 9.17) is 5.11 Å². The number of nitrogens with one attached hydrogen (secondary N) is 1. The lowest BCUT2D eigenvalue weighted by atomic mass is 9.77. The van der Waals surface area contributed by atoms with Gasteiger partial charge in [-0.05, 0) is 74.3 Å². The Morgan fingerprint density at radius 2 is 1.80 bits per heavy atom. The summed E-state index contributed by atoms with van der Waals surface area (Å²) in [6, 6.07) is 8.46. The molecule has 1 aromatic carbocycles. The van der Waals surface area contributed by atoms with Crippen LogP contribution in [0, 0.1) is 5.92 Å². The Morgan fingerprint density at radius 3 is 2.43 bits per heavy atom. The number of benzene rings is 1. The van der Waals surface area contributed by atoms with E-state index in [1.54, 1.807) is 12.3 Å². The first-order valence-electron chi connectivity index (χ1n) is 12.2. The number of allylic oxidation sites excluding steroid dienone is 1. The van der Waals surface area contributed by atoms with Crippen molar-refractivity contribution < 1.29 is 23.1 Å². The minimum absolute atomic E-state index is 0.0157.